The van der Waals surface area contributed by atoms with Crippen molar-refractivity contribution < 1.29 is 14.4 Å². The van der Waals surface area contributed by atoms with E-state index in [1.165, 1.54) is 11.3 Å². The molecule has 3 amide bonds. The fraction of sp³-hybridized carbons (Fsp3) is 0.368. The standard InChI is InChI=1S/C19H20N4O3S2/c1-19(2)14(15(25)20-8-7-13(24)22-18-21-9-10-27-18)23-16(26)11-5-3-4-6-12(11)17(23)28-19/h3-6,9-10,14,17H,7-8H2,1-2H3,(H,20,25)(H,21,22,24)/t14-,17+/m1/s1. The number of amides is 3. The number of rotatable bonds is 5. The molecule has 0 bridgehead atoms. The van der Waals surface area contributed by atoms with Gasteiger partial charge in [-0.15, -0.1) is 23.1 Å². The van der Waals surface area contributed by atoms with Gasteiger partial charge in [0.05, 0.1) is 0 Å². The highest BCUT2D eigenvalue weighted by atomic mass is 32.2. The van der Waals surface area contributed by atoms with Gasteiger partial charge in [0.2, 0.25) is 11.8 Å². The maximum absolute atomic E-state index is 12.9. The number of thioether (sulfide) groups is 1. The van der Waals surface area contributed by atoms with E-state index in [1.807, 2.05) is 38.1 Å². The van der Waals surface area contributed by atoms with E-state index < -0.39 is 10.8 Å². The molecule has 1 aromatic heterocycles. The Morgan fingerprint density at radius 3 is 2.82 bits per heavy atom. The number of carbonyl (C=O) groups is 3. The van der Waals surface area contributed by atoms with Crippen LogP contribution in [0, 0.1) is 0 Å². The number of hydrogen-bond donors (Lipinski definition) is 2. The van der Waals surface area contributed by atoms with Gasteiger partial charge in [-0.25, -0.2) is 4.98 Å². The quantitative estimate of drug-likeness (QED) is 0.782. The summed E-state index contributed by atoms with van der Waals surface area (Å²) in [4.78, 5) is 43.5. The Morgan fingerprint density at radius 2 is 2.07 bits per heavy atom. The molecule has 2 atom stereocenters. The molecule has 2 aliphatic heterocycles. The third-order valence-electron chi connectivity index (χ3n) is 4.87. The highest BCUT2D eigenvalue weighted by Crippen LogP contribution is 2.56. The van der Waals surface area contributed by atoms with E-state index in [-0.39, 0.29) is 36.1 Å². The number of aromatic nitrogens is 1. The minimum absolute atomic E-state index is 0.111. The molecule has 7 nitrogen and oxygen atoms in total. The van der Waals surface area contributed by atoms with E-state index >= 15 is 0 Å². The second-order valence-electron chi connectivity index (χ2n) is 7.20. The van der Waals surface area contributed by atoms with Crippen molar-refractivity contribution in [2.45, 2.75) is 36.4 Å². The summed E-state index contributed by atoms with van der Waals surface area (Å²) in [6.45, 7) is 4.16. The lowest BCUT2D eigenvalue weighted by Gasteiger charge is -2.29. The molecule has 2 aromatic rings. The van der Waals surface area contributed by atoms with Crippen molar-refractivity contribution in [2.75, 3.05) is 11.9 Å². The second-order valence-corrected chi connectivity index (χ2v) is 9.83. The first-order valence-electron chi connectivity index (χ1n) is 8.95. The summed E-state index contributed by atoms with van der Waals surface area (Å²) >= 11 is 2.96. The molecule has 0 saturated carbocycles. The monoisotopic (exact) mass is 416 g/mol. The summed E-state index contributed by atoms with van der Waals surface area (Å²) in [5.41, 5.74) is 1.62. The molecule has 2 N–H and O–H groups in total. The molecule has 1 fully saturated rings. The van der Waals surface area contributed by atoms with E-state index in [0.29, 0.717) is 10.7 Å². The van der Waals surface area contributed by atoms with Crippen LogP contribution in [-0.2, 0) is 9.59 Å². The summed E-state index contributed by atoms with van der Waals surface area (Å²) in [6, 6.07) is 6.91. The van der Waals surface area contributed by atoms with Gasteiger partial charge in [-0.1, -0.05) is 18.2 Å². The summed E-state index contributed by atoms with van der Waals surface area (Å²) in [6.07, 6.45) is 1.76. The number of hydrogen-bond acceptors (Lipinski definition) is 6. The van der Waals surface area contributed by atoms with E-state index in [1.54, 1.807) is 28.2 Å². The van der Waals surface area contributed by atoms with Crippen molar-refractivity contribution in [3.05, 3.63) is 47.0 Å². The SMILES string of the molecule is CC1(C)S[C@H]2c3ccccc3C(=O)N2[C@@H]1C(=O)NCCC(=O)Nc1nccs1. The summed E-state index contributed by atoms with van der Waals surface area (Å²) in [5.74, 6) is -0.554. The number of nitrogens with one attached hydrogen (secondary N) is 2. The number of carbonyl (C=O) groups excluding carboxylic acids is 3. The number of anilines is 1. The molecule has 4 rings (SSSR count). The van der Waals surface area contributed by atoms with Crippen LogP contribution in [0.2, 0.25) is 0 Å². The normalized spacial score (nSPS) is 21.9. The molecular formula is C19H20N4O3S2. The van der Waals surface area contributed by atoms with Gasteiger partial charge >= 0.3 is 0 Å². The highest BCUT2D eigenvalue weighted by Gasteiger charge is 2.57. The van der Waals surface area contributed by atoms with Crippen molar-refractivity contribution in [2.24, 2.45) is 0 Å². The Labute approximate surface area is 170 Å². The van der Waals surface area contributed by atoms with Gasteiger partial charge in [0.15, 0.2) is 5.13 Å². The Hall–Kier alpha value is -2.39. The fourth-order valence-corrected chi connectivity index (χ4v) is 5.80. The average molecular weight is 417 g/mol. The maximum atomic E-state index is 12.9. The Bertz CT molecular complexity index is 929. The van der Waals surface area contributed by atoms with Gasteiger partial charge in [0, 0.05) is 34.9 Å². The largest absolute Gasteiger partial charge is 0.354 e. The highest BCUT2D eigenvalue weighted by molar-refractivity contribution is 8.01. The molecule has 1 aromatic carbocycles. The smallest absolute Gasteiger partial charge is 0.256 e. The first-order valence-corrected chi connectivity index (χ1v) is 10.7. The summed E-state index contributed by atoms with van der Waals surface area (Å²) in [5, 5.41) is 7.67. The van der Waals surface area contributed by atoms with Crippen LogP contribution in [0.15, 0.2) is 35.8 Å². The zero-order chi connectivity index (χ0) is 19.9. The molecule has 0 radical (unpaired) electrons. The molecule has 146 valence electrons. The number of nitrogens with zero attached hydrogens (tertiary/aromatic N) is 2. The van der Waals surface area contributed by atoms with Gasteiger partial charge in [0.1, 0.15) is 11.4 Å². The van der Waals surface area contributed by atoms with Crippen LogP contribution in [0.3, 0.4) is 0 Å². The lowest BCUT2D eigenvalue weighted by Crippen LogP contribution is -2.52. The van der Waals surface area contributed by atoms with E-state index in [2.05, 4.69) is 15.6 Å². The predicted molar refractivity (Wildman–Crippen MR) is 109 cm³/mol. The van der Waals surface area contributed by atoms with Crippen LogP contribution in [-0.4, -0.2) is 44.9 Å². The minimum Gasteiger partial charge on any atom is -0.354 e. The van der Waals surface area contributed by atoms with Gasteiger partial charge in [0.25, 0.3) is 5.91 Å². The van der Waals surface area contributed by atoms with Crippen molar-refractivity contribution in [3.8, 4) is 0 Å². The molecule has 2 aliphatic rings. The number of thiazole rings is 1. The van der Waals surface area contributed by atoms with Crippen LogP contribution in [0.25, 0.3) is 0 Å². The molecule has 9 heteroatoms. The van der Waals surface area contributed by atoms with E-state index in [0.717, 1.165) is 5.56 Å². The van der Waals surface area contributed by atoms with Crippen LogP contribution in [0.5, 0.6) is 0 Å². The molecule has 0 unspecified atom stereocenters. The molecule has 28 heavy (non-hydrogen) atoms. The topological polar surface area (TPSA) is 91.4 Å². The molecule has 0 spiro atoms. The second kappa shape index (κ2) is 7.21. The van der Waals surface area contributed by atoms with Crippen molar-refractivity contribution in [1.29, 1.82) is 0 Å². The Balaban J connectivity index is 1.41. The van der Waals surface area contributed by atoms with Gasteiger partial charge in [-0.05, 0) is 25.5 Å². The first kappa shape index (κ1) is 18.9. The molecule has 0 aliphatic carbocycles. The molecular weight excluding hydrogens is 396 g/mol. The predicted octanol–water partition coefficient (Wildman–Crippen LogP) is 2.64. The van der Waals surface area contributed by atoms with Crippen LogP contribution >= 0.6 is 23.1 Å². The van der Waals surface area contributed by atoms with Gasteiger partial charge in [-0.3, -0.25) is 14.4 Å². The van der Waals surface area contributed by atoms with Crippen LogP contribution in [0.4, 0.5) is 5.13 Å². The maximum Gasteiger partial charge on any atom is 0.256 e. The first-order chi connectivity index (χ1) is 13.4. The van der Waals surface area contributed by atoms with E-state index in [9.17, 15) is 14.4 Å². The Kier molecular flexibility index (Phi) is 4.88. The minimum atomic E-state index is -0.593. The zero-order valence-electron chi connectivity index (χ0n) is 15.5. The molecule has 1 saturated heterocycles. The van der Waals surface area contributed by atoms with Crippen LogP contribution in [0.1, 0.15) is 41.6 Å². The molecule has 3 heterocycles. The van der Waals surface area contributed by atoms with E-state index in [4.69, 9.17) is 0 Å². The van der Waals surface area contributed by atoms with Crippen molar-refractivity contribution in [3.63, 3.8) is 0 Å². The number of fused-ring (bicyclic) bond motifs is 3. The van der Waals surface area contributed by atoms with Crippen molar-refractivity contribution >= 4 is 46.0 Å². The Morgan fingerprint density at radius 1 is 1.29 bits per heavy atom. The lowest BCUT2D eigenvalue weighted by molar-refractivity contribution is -0.126. The third-order valence-corrected chi connectivity index (χ3v) is 7.10. The summed E-state index contributed by atoms with van der Waals surface area (Å²) < 4.78 is -0.429. The third kappa shape index (κ3) is 3.29. The van der Waals surface area contributed by atoms with Gasteiger partial charge < -0.3 is 15.5 Å². The van der Waals surface area contributed by atoms with Gasteiger partial charge in [-0.2, -0.15) is 0 Å². The number of benzene rings is 1. The fourth-order valence-electron chi connectivity index (χ4n) is 3.67. The van der Waals surface area contributed by atoms with Crippen LogP contribution < -0.4 is 10.6 Å². The van der Waals surface area contributed by atoms with Crippen molar-refractivity contribution in [1.82, 2.24) is 15.2 Å². The lowest BCUT2D eigenvalue weighted by atomic mass is 10.0. The summed E-state index contributed by atoms with van der Waals surface area (Å²) in [7, 11) is 0. The zero-order valence-corrected chi connectivity index (χ0v) is 17.1. The average Bonchev–Trinajstić information content (AvgIpc) is 3.31.